The molecule has 0 aromatic rings. The van der Waals surface area contributed by atoms with Gasteiger partial charge in [0, 0.05) is 32.2 Å². The lowest BCUT2D eigenvalue weighted by Crippen LogP contribution is -2.65. The molecule has 3 heteroatoms. The Morgan fingerprint density at radius 3 is 2.08 bits per heavy atom. The van der Waals surface area contributed by atoms with Crippen molar-refractivity contribution < 1.29 is 0 Å². The number of rotatable bonds is 3. The molecular formula is C9H19N3. The van der Waals surface area contributed by atoms with Gasteiger partial charge in [-0.15, -0.1) is 0 Å². The van der Waals surface area contributed by atoms with E-state index in [2.05, 4.69) is 4.90 Å². The van der Waals surface area contributed by atoms with E-state index in [0.29, 0.717) is 24.5 Å². The number of hydrogen-bond acceptors (Lipinski definition) is 3. The smallest absolute Gasteiger partial charge is 0.0341 e. The number of hydrogen-bond donors (Lipinski definition) is 2. The molecule has 0 amide bonds. The molecule has 0 unspecified atom stereocenters. The molecule has 4 N–H and O–H groups in total. The van der Waals surface area contributed by atoms with Crippen LogP contribution < -0.4 is 11.5 Å². The van der Waals surface area contributed by atoms with E-state index in [-0.39, 0.29) is 0 Å². The van der Waals surface area contributed by atoms with Gasteiger partial charge in [0.05, 0.1) is 0 Å². The van der Waals surface area contributed by atoms with E-state index in [9.17, 15) is 0 Å². The highest BCUT2D eigenvalue weighted by Gasteiger charge is 2.48. The Balaban J connectivity index is 1.79. The summed E-state index contributed by atoms with van der Waals surface area (Å²) in [5.74, 6) is 0. The maximum atomic E-state index is 5.62. The monoisotopic (exact) mass is 169 g/mol. The van der Waals surface area contributed by atoms with Crippen LogP contribution >= 0.6 is 0 Å². The largest absolute Gasteiger partial charge is 0.329 e. The predicted octanol–water partition coefficient (Wildman–Crippen LogP) is -0.242. The molecule has 0 bridgehead atoms. The first-order chi connectivity index (χ1) is 5.79. The lowest BCUT2D eigenvalue weighted by atomic mass is 9.63. The lowest BCUT2D eigenvalue weighted by Gasteiger charge is -2.58. The molecule has 12 heavy (non-hydrogen) atoms. The molecule has 0 aromatic heterocycles. The fourth-order valence-electron chi connectivity index (χ4n) is 2.46. The third kappa shape index (κ3) is 1.16. The van der Waals surface area contributed by atoms with Crippen LogP contribution in [0.15, 0.2) is 0 Å². The first kappa shape index (κ1) is 8.48. The van der Waals surface area contributed by atoms with Gasteiger partial charge in [-0.2, -0.15) is 0 Å². The van der Waals surface area contributed by atoms with Crippen molar-refractivity contribution in [1.29, 1.82) is 0 Å². The maximum absolute atomic E-state index is 5.62. The Hall–Kier alpha value is -0.120. The van der Waals surface area contributed by atoms with Crippen LogP contribution in [0.5, 0.6) is 0 Å². The van der Waals surface area contributed by atoms with Crippen molar-refractivity contribution >= 4 is 0 Å². The molecule has 0 aromatic carbocycles. The Morgan fingerprint density at radius 1 is 1.17 bits per heavy atom. The fraction of sp³-hybridized carbons (Fsp3) is 1.00. The van der Waals surface area contributed by atoms with Crippen molar-refractivity contribution in [3.63, 3.8) is 0 Å². The van der Waals surface area contributed by atoms with Crippen LogP contribution in [0.2, 0.25) is 0 Å². The van der Waals surface area contributed by atoms with Gasteiger partial charge in [-0.25, -0.2) is 0 Å². The number of nitrogens with two attached hydrogens (primary N) is 2. The van der Waals surface area contributed by atoms with Crippen LogP contribution in [0.25, 0.3) is 0 Å². The number of likely N-dealkylation sites (tertiary alicyclic amines) is 1. The minimum atomic E-state index is 0.441. The van der Waals surface area contributed by atoms with Gasteiger partial charge in [0.15, 0.2) is 0 Å². The highest BCUT2D eigenvalue weighted by Crippen LogP contribution is 2.48. The Kier molecular flexibility index (Phi) is 2.10. The summed E-state index contributed by atoms with van der Waals surface area (Å²) in [5, 5.41) is 0. The van der Waals surface area contributed by atoms with E-state index in [0.717, 1.165) is 0 Å². The first-order valence-electron chi connectivity index (χ1n) is 4.94. The van der Waals surface area contributed by atoms with Gasteiger partial charge in [0.1, 0.15) is 0 Å². The number of nitrogens with zero attached hydrogens (tertiary/aromatic N) is 1. The highest BCUT2D eigenvalue weighted by molar-refractivity contribution is 5.02. The summed E-state index contributed by atoms with van der Waals surface area (Å²) in [6.07, 6.45) is 4.31. The van der Waals surface area contributed by atoms with E-state index < -0.39 is 0 Å². The summed E-state index contributed by atoms with van der Waals surface area (Å²) in [6, 6.07) is 0.441. The average molecular weight is 169 g/mol. The fourth-order valence-corrected chi connectivity index (χ4v) is 2.46. The molecule has 1 spiro atoms. The first-order valence-corrected chi connectivity index (χ1v) is 4.94. The molecule has 70 valence electrons. The predicted molar refractivity (Wildman–Crippen MR) is 49.8 cm³/mol. The van der Waals surface area contributed by atoms with Crippen molar-refractivity contribution in [2.24, 2.45) is 16.9 Å². The zero-order valence-electron chi connectivity index (χ0n) is 7.63. The van der Waals surface area contributed by atoms with Crippen molar-refractivity contribution in [3.05, 3.63) is 0 Å². The van der Waals surface area contributed by atoms with Crippen LogP contribution in [0.1, 0.15) is 19.3 Å². The van der Waals surface area contributed by atoms with Crippen LogP contribution in [0, 0.1) is 5.41 Å². The molecule has 1 saturated heterocycles. The minimum absolute atomic E-state index is 0.441. The molecule has 1 aliphatic carbocycles. The Bertz CT molecular complexity index is 153. The van der Waals surface area contributed by atoms with Gasteiger partial charge in [-0.05, 0) is 18.3 Å². The molecule has 3 nitrogen and oxygen atoms in total. The van der Waals surface area contributed by atoms with Crippen molar-refractivity contribution in [1.82, 2.24) is 4.90 Å². The van der Waals surface area contributed by atoms with Crippen molar-refractivity contribution in [2.45, 2.75) is 25.3 Å². The Labute approximate surface area is 74.1 Å². The second-order valence-corrected chi connectivity index (χ2v) is 4.38. The lowest BCUT2D eigenvalue weighted by molar-refractivity contribution is -0.0791. The highest BCUT2D eigenvalue weighted by atomic mass is 15.3. The van der Waals surface area contributed by atoms with Crippen LogP contribution in [-0.4, -0.2) is 37.1 Å². The van der Waals surface area contributed by atoms with Crippen LogP contribution in [0.3, 0.4) is 0 Å². The normalized spacial score (nSPS) is 27.2. The Morgan fingerprint density at radius 2 is 1.75 bits per heavy atom. The van der Waals surface area contributed by atoms with Crippen LogP contribution in [0.4, 0.5) is 0 Å². The zero-order chi connectivity index (χ0) is 8.60. The second kappa shape index (κ2) is 2.98. The molecule has 2 rings (SSSR count). The standard InChI is InChI=1S/C9H19N3/c10-4-8(5-11)12-6-9(7-12)2-1-3-9/h8H,1-7,10-11H2. The quantitative estimate of drug-likeness (QED) is 0.613. The molecule has 1 aliphatic heterocycles. The summed E-state index contributed by atoms with van der Waals surface area (Å²) in [4.78, 5) is 2.44. The van der Waals surface area contributed by atoms with Gasteiger partial charge in [0.2, 0.25) is 0 Å². The van der Waals surface area contributed by atoms with E-state index in [1.165, 1.54) is 32.4 Å². The topological polar surface area (TPSA) is 55.3 Å². The summed E-state index contributed by atoms with van der Waals surface area (Å²) >= 11 is 0. The molecule has 1 heterocycles. The maximum Gasteiger partial charge on any atom is 0.0341 e. The average Bonchev–Trinajstić information content (AvgIpc) is 1.91. The van der Waals surface area contributed by atoms with Crippen molar-refractivity contribution in [3.8, 4) is 0 Å². The molecule has 0 radical (unpaired) electrons. The summed E-state index contributed by atoms with van der Waals surface area (Å²) in [7, 11) is 0. The van der Waals surface area contributed by atoms with Gasteiger partial charge < -0.3 is 11.5 Å². The molecular weight excluding hydrogens is 150 g/mol. The molecule has 1 saturated carbocycles. The third-order valence-electron chi connectivity index (χ3n) is 3.55. The van der Waals surface area contributed by atoms with Gasteiger partial charge in [-0.3, -0.25) is 4.90 Å². The van der Waals surface area contributed by atoms with Crippen molar-refractivity contribution in [2.75, 3.05) is 26.2 Å². The molecule has 2 aliphatic rings. The minimum Gasteiger partial charge on any atom is -0.329 e. The van der Waals surface area contributed by atoms with Gasteiger partial charge in [-0.1, -0.05) is 6.42 Å². The van der Waals surface area contributed by atoms with Crippen LogP contribution in [-0.2, 0) is 0 Å². The third-order valence-corrected chi connectivity index (χ3v) is 3.55. The summed E-state index contributed by atoms with van der Waals surface area (Å²) in [6.45, 7) is 3.94. The SMILES string of the molecule is NCC(CN)N1CC2(CCC2)C1. The van der Waals surface area contributed by atoms with E-state index in [4.69, 9.17) is 11.5 Å². The zero-order valence-corrected chi connectivity index (χ0v) is 7.63. The van der Waals surface area contributed by atoms with E-state index >= 15 is 0 Å². The summed E-state index contributed by atoms with van der Waals surface area (Å²) < 4.78 is 0. The molecule has 2 fully saturated rings. The van der Waals surface area contributed by atoms with E-state index in [1.54, 1.807) is 0 Å². The van der Waals surface area contributed by atoms with E-state index in [1.807, 2.05) is 0 Å². The second-order valence-electron chi connectivity index (χ2n) is 4.38. The van der Waals surface area contributed by atoms with Gasteiger partial charge in [0.25, 0.3) is 0 Å². The van der Waals surface area contributed by atoms with Gasteiger partial charge >= 0.3 is 0 Å². The molecule has 0 atom stereocenters. The summed E-state index contributed by atoms with van der Waals surface area (Å²) in [5.41, 5.74) is 12.0.